The van der Waals surface area contributed by atoms with Crippen LogP contribution in [0.4, 0.5) is 11.4 Å². The molecular formula is C43H48N8O4. The summed E-state index contributed by atoms with van der Waals surface area (Å²) in [6.45, 7) is 6.54. The zero-order valence-corrected chi connectivity index (χ0v) is 31.6. The first-order valence-corrected chi connectivity index (χ1v) is 18.4. The largest absolute Gasteiger partial charge is 0.497 e. The van der Waals surface area contributed by atoms with E-state index < -0.39 is 12.1 Å². The molecular weight excluding hydrogens is 693 g/mol. The predicted molar refractivity (Wildman–Crippen MR) is 219 cm³/mol. The molecule has 2 aromatic heterocycles. The van der Waals surface area contributed by atoms with Crippen LogP contribution in [0.1, 0.15) is 75.8 Å². The Bertz CT molecular complexity index is 2310. The number of anilines is 2. The number of benzene rings is 4. The molecule has 0 saturated carbocycles. The van der Waals surface area contributed by atoms with E-state index in [9.17, 15) is 9.59 Å². The molecule has 2 amide bonds. The van der Waals surface area contributed by atoms with E-state index in [4.69, 9.17) is 31.7 Å². The second-order valence-corrected chi connectivity index (χ2v) is 13.2. The molecule has 0 spiro atoms. The third kappa shape index (κ3) is 8.30. The van der Waals surface area contributed by atoms with Crippen molar-refractivity contribution >= 4 is 45.0 Å². The molecule has 0 saturated heterocycles. The van der Waals surface area contributed by atoms with Crippen molar-refractivity contribution in [2.24, 2.45) is 17.2 Å². The number of aryl methyl sites for hydroxylation is 2. The maximum Gasteiger partial charge on any atom is 0.256 e. The van der Waals surface area contributed by atoms with Crippen LogP contribution in [-0.2, 0) is 12.8 Å². The molecule has 0 radical (unpaired) electrons. The highest BCUT2D eigenvalue weighted by Crippen LogP contribution is 2.34. The number of primary amides is 1. The number of aromatic nitrogens is 2. The van der Waals surface area contributed by atoms with Crippen LogP contribution in [-0.4, -0.2) is 48.2 Å². The molecule has 55 heavy (non-hydrogen) atoms. The number of pyridine rings is 2. The van der Waals surface area contributed by atoms with Crippen LogP contribution in [0, 0.1) is 0 Å². The minimum Gasteiger partial charge on any atom is -0.497 e. The lowest BCUT2D eigenvalue weighted by atomic mass is 10.0. The average molecular weight is 741 g/mol. The Hall–Kier alpha value is -6.24. The number of carbonyl (C=O) groups is 2. The summed E-state index contributed by atoms with van der Waals surface area (Å²) in [7, 11) is 1.64. The fourth-order valence-corrected chi connectivity index (χ4v) is 6.83. The number of amides is 2. The predicted octanol–water partition coefficient (Wildman–Crippen LogP) is 6.39. The van der Waals surface area contributed by atoms with Gasteiger partial charge in [0, 0.05) is 47.6 Å². The Labute approximate surface area is 320 Å². The number of hydrogen-bond acceptors (Lipinski definition) is 10. The minimum atomic E-state index is -0.658. The van der Waals surface area contributed by atoms with E-state index >= 15 is 0 Å². The summed E-state index contributed by atoms with van der Waals surface area (Å²) >= 11 is 0. The van der Waals surface area contributed by atoms with E-state index in [-0.39, 0.29) is 18.0 Å². The Morgan fingerprint density at radius 3 is 1.80 bits per heavy atom. The number of nitrogens with one attached hydrogen (secondary N) is 3. The van der Waals surface area contributed by atoms with Crippen LogP contribution >= 0.6 is 0 Å². The van der Waals surface area contributed by atoms with E-state index in [0.29, 0.717) is 41.0 Å². The molecule has 0 aliphatic heterocycles. The van der Waals surface area contributed by atoms with E-state index in [0.717, 1.165) is 63.0 Å². The number of methoxy groups -OCH3 is 1. The smallest absolute Gasteiger partial charge is 0.256 e. The van der Waals surface area contributed by atoms with Crippen LogP contribution in [0.25, 0.3) is 21.8 Å². The van der Waals surface area contributed by atoms with Crippen molar-refractivity contribution in [3.63, 3.8) is 0 Å². The molecule has 12 nitrogen and oxygen atoms in total. The fourth-order valence-electron chi connectivity index (χ4n) is 6.83. The summed E-state index contributed by atoms with van der Waals surface area (Å²) in [6, 6.07) is 25.9. The van der Waals surface area contributed by atoms with Crippen molar-refractivity contribution in [1.82, 2.24) is 15.3 Å². The van der Waals surface area contributed by atoms with Gasteiger partial charge in [-0.25, -0.2) is 0 Å². The van der Waals surface area contributed by atoms with Gasteiger partial charge < -0.3 is 42.6 Å². The van der Waals surface area contributed by atoms with E-state index in [1.807, 2.05) is 79.9 Å². The first kappa shape index (κ1) is 38.5. The number of hydrogen-bond donors (Lipinski definition) is 6. The molecule has 6 aromatic rings. The van der Waals surface area contributed by atoms with Gasteiger partial charge in [0.25, 0.3) is 11.8 Å². The number of fused-ring (bicyclic) bond motifs is 2. The van der Waals surface area contributed by atoms with Gasteiger partial charge in [-0.2, -0.15) is 0 Å². The number of rotatable bonds is 16. The number of carbonyl (C=O) groups excluding carboxylic acids is 2. The Morgan fingerprint density at radius 1 is 0.709 bits per heavy atom. The average Bonchev–Trinajstić information content (AvgIpc) is 3.21. The molecule has 4 aromatic carbocycles. The molecule has 0 aliphatic carbocycles. The van der Waals surface area contributed by atoms with Crippen molar-refractivity contribution < 1.29 is 19.1 Å². The number of nitrogens with two attached hydrogens (primary N) is 3. The Morgan fingerprint density at radius 2 is 1.25 bits per heavy atom. The van der Waals surface area contributed by atoms with Gasteiger partial charge in [-0.15, -0.1) is 0 Å². The molecule has 284 valence electrons. The highest BCUT2D eigenvalue weighted by Gasteiger charge is 2.21. The summed E-state index contributed by atoms with van der Waals surface area (Å²) in [5.41, 5.74) is 25.7. The zero-order valence-electron chi connectivity index (χ0n) is 31.6. The molecule has 0 bridgehead atoms. The standard InChI is InChI=1S/C43H48N8O4/c1-5-26-23-47-40-32(12-8-14-34(40)42(46)52)38(26)50-36(21-44)28-16-18-30(19-17-28)55-25(3)49-43(53)35-15-9-13-33-39(27(6-2)24-48-41(33)35)51-37(22-45)29-10-7-11-31(20-29)54-4/h7-20,23-25,36-37H,5-6,21-22,44-45H2,1-4H3,(H2,46,52)(H,47,50)(H,48,51)(H,49,53)/t25?,36-,37-/m1/s1. The lowest BCUT2D eigenvalue weighted by molar-refractivity contribution is 0.0852. The van der Waals surface area contributed by atoms with Crippen molar-refractivity contribution in [3.8, 4) is 11.5 Å². The molecule has 3 atom stereocenters. The van der Waals surface area contributed by atoms with Gasteiger partial charge in [-0.05, 0) is 78.4 Å². The molecule has 0 fully saturated rings. The van der Waals surface area contributed by atoms with Gasteiger partial charge >= 0.3 is 0 Å². The maximum atomic E-state index is 13.7. The normalized spacial score (nSPS) is 12.8. The fraction of sp³-hybridized carbons (Fsp3) is 0.256. The Kier molecular flexibility index (Phi) is 12.1. The van der Waals surface area contributed by atoms with Crippen molar-refractivity contribution in [3.05, 3.63) is 131 Å². The van der Waals surface area contributed by atoms with Gasteiger partial charge in [0.1, 0.15) is 11.5 Å². The van der Waals surface area contributed by atoms with E-state index in [2.05, 4.69) is 27.9 Å². The van der Waals surface area contributed by atoms with Crippen molar-refractivity contribution in [1.29, 1.82) is 0 Å². The highest BCUT2D eigenvalue weighted by molar-refractivity contribution is 6.09. The number of para-hydroxylation sites is 2. The van der Waals surface area contributed by atoms with Crippen LogP contribution < -0.4 is 42.6 Å². The first-order chi connectivity index (χ1) is 26.7. The van der Waals surface area contributed by atoms with Gasteiger partial charge in [0.05, 0.1) is 41.4 Å². The summed E-state index contributed by atoms with van der Waals surface area (Å²) in [5.74, 6) is 0.470. The Balaban J connectivity index is 1.17. The molecule has 2 heterocycles. The van der Waals surface area contributed by atoms with Gasteiger partial charge in [0.2, 0.25) is 0 Å². The summed E-state index contributed by atoms with van der Waals surface area (Å²) in [4.78, 5) is 35.1. The third-order valence-electron chi connectivity index (χ3n) is 9.76. The lowest BCUT2D eigenvalue weighted by Gasteiger charge is -2.23. The van der Waals surface area contributed by atoms with E-state index in [1.165, 1.54) is 0 Å². The SMILES string of the molecule is CCc1cnc2c(C(N)=O)cccc2c1N[C@H](CN)c1ccc(OC(C)NC(=O)c2cccc3c(N[C@H](CN)c4cccc(OC)c4)c(CC)cnc23)cc1. The van der Waals surface area contributed by atoms with Gasteiger partial charge in [0.15, 0.2) is 6.23 Å². The number of ether oxygens (including phenoxy) is 2. The van der Waals surface area contributed by atoms with Crippen molar-refractivity contribution in [2.75, 3.05) is 30.8 Å². The first-order valence-electron chi connectivity index (χ1n) is 18.4. The van der Waals surface area contributed by atoms with Crippen LogP contribution in [0.2, 0.25) is 0 Å². The van der Waals surface area contributed by atoms with Gasteiger partial charge in [-0.3, -0.25) is 19.6 Å². The summed E-state index contributed by atoms with van der Waals surface area (Å²) in [6.07, 6.45) is 4.38. The third-order valence-corrected chi connectivity index (χ3v) is 9.76. The van der Waals surface area contributed by atoms with Crippen LogP contribution in [0.5, 0.6) is 11.5 Å². The second kappa shape index (κ2) is 17.3. The maximum absolute atomic E-state index is 13.7. The van der Waals surface area contributed by atoms with E-state index in [1.54, 1.807) is 38.4 Å². The quantitative estimate of drug-likeness (QED) is 0.0606. The second-order valence-electron chi connectivity index (χ2n) is 13.2. The van der Waals surface area contributed by atoms with Crippen LogP contribution in [0.15, 0.2) is 97.3 Å². The molecule has 6 rings (SSSR count). The van der Waals surface area contributed by atoms with Crippen LogP contribution in [0.3, 0.4) is 0 Å². The number of nitrogens with zero attached hydrogens (tertiary/aromatic N) is 2. The lowest BCUT2D eigenvalue weighted by Crippen LogP contribution is -2.36. The summed E-state index contributed by atoms with van der Waals surface area (Å²) in [5, 5.41) is 11.8. The highest BCUT2D eigenvalue weighted by atomic mass is 16.5. The topological polar surface area (TPSA) is 193 Å². The summed E-state index contributed by atoms with van der Waals surface area (Å²) < 4.78 is 11.6. The zero-order chi connectivity index (χ0) is 39.1. The molecule has 12 heteroatoms. The van der Waals surface area contributed by atoms with Crippen molar-refractivity contribution in [2.45, 2.75) is 51.9 Å². The monoisotopic (exact) mass is 740 g/mol. The molecule has 0 aliphatic rings. The minimum absolute atomic E-state index is 0.194. The molecule has 1 unspecified atom stereocenters. The molecule has 9 N–H and O–H groups in total. The van der Waals surface area contributed by atoms with Gasteiger partial charge in [-0.1, -0.05) is 62.4 Å².